The Morgan fingerprint density at radius 1 is 0.357 bits per heavy atom. The molecule has 0 aliphatic carbocycles. The maximum absolute atomic E-state index is 13.4. The number of alkyl halides is 18. The van der Waals surface area contributed by atoms with Crippen LogP contribution in [0.3, 0.4) is 0 Å². The third-order valence-corrected chi connectivity index (χ3v) is 2.99. The third kappa shape index (κ3) is 3.81. The molecule has 0 fully saturated rings. The van der Waals surface area contributed by atoms with E-state index >= 15 is 0 Å². The Kier molecular flexibility index (Phi) is 6.14. The molecule has 0 amide bonds. The Balaban J connectivity index is 6.74. The molecule has 0 aromatic heterocycles. The second-order valence-electron chi connectivity index (χ2n) is 4.89. The summed E-state index contributed by atoms with van der Waals surface area (Å²) < 4.78 is 224. The van der Waals surface area contributed by atoms with Crippen molar-refractivity contribution in [3.05, 3.63) is 12.2 Å². The predicted molar refractivity (Wildman–Crippen MR) is 50.9 cm³/mol. The molecule has 1 unspecified atom stereocenters. The third-order valence-electron chi connectivity index (χ3n) is 2.99. The molecule has 0 aromatic rings. The van der Waals surface area contributed by atoms with Crippen molar-refractivity contribution >= 4 is 0 Å². The maximum atomic E-state index is 13.4. The Hall–Kier alpha value is -1.52. The lowest BCUT2D eigenvalue weighted by atomic mass is 9.90. The average molecular weight is 464 g/mol. The van der Waals surface area contributed by atoms with Gasteiger partial charge in [-0.2, -0.15) is 70.2 Å². The molecular weight excluding hydrogens is 462 g/mol. The molecule has 0 rings (SSSR count). The quantitative estimate of drug-likeness (QED) is 0.330. The highest BCUT2D eigenvalue weighted by atomic mass is 19.4. The maximum Gasteiger partial charge on any atom is 0.457 e. The first-order valence-corrected chi connectivity index (χ1v) is 5.81. The van der Waals surface area contributed by atoms with Crippen LogP contribution in [0.5, 0.6) is 0 Å². The molecule has 0 nitrogen and oxygen atoms in total. The van der Waals surface area contributed by atoms with Gasteiger partial charge in [0.15, 0.2) is 0 Å². The van der Waals surface area contributed by atoms with Crippen LogP contribution in [-0.4, -0.2) is 47.9 Å². The topological polar surface area (TPSA) is 0 Å². The first kappa shape index (κ1) is 26.5. The van der Waals surface area contributed by atoms with E-state index in [1.807, 2.05) is 0 Å². The van der Waals surface area contributed by atoms with Crippen molar-refractivity contribution in [1.29, 1.82) is 0 Å². The highest BCUT2D eigenvalue weighted by Gasteiger charge is 2.85. The Bertz CT molecular complexity index is 567. The van der Waals surface area contributed by atoms with Crippen molar-refractivity contribution in [3.8, 4) is 0 Å². The van der Waals surface area contributed by atoms with Crippen LogP contribution in [0.25, 0.3) is 0 Å². The molecule has 0 heterocycles. The number of allylic oxidation sites excluding steroid dienone is 2. The van der Waals surface area contributed by atoms with Crippen LogP contribution in [0.1, 0.15) is 0 Å². The van der Waals surface area contributed by atoms with Crippen LogP contribution in [0.4, 0.5) is 79.0 Å². The van der Waals surface area contributed by atoms with Gasteiger partial charge >= 0.3 is 42.2 Å². The molecule has 0 aliphatic heterocycles. The van der Waals surface area contributed by atoms with E-state index in [1.54, 1.807) is 0 Å². The van der Waals surface area contributed by atoms with Crippen molar-refractivity contribution in [3.63, 3.8) is 0 Å². The normalized spacial score (nSPS) is 18.5. The standard InChI is InChI=1S/C10H2F18/c11-3(7(17,18)19,6(15,16)10(26,27)28)1-2-4(12,13)5(14,8(20,21)22)9(23,24)25/h1-2H/b2-1+. The van der Waals surface area contributed by atoms with Gasteiger partial charge in [0, 0.05) is 0 Å². The molecule has 0 aliphatic rings. The van der Waals surface area contributed by atoms with E-state index in [-0.39, 0.29) is 0 Å². The van der Waals surface area contributed by atoms with E-state index in [0.29, 0.717) is 0 Å². The zero-order chi connectivity index (χ0) is 23.4. The average Bonchev–Trinajstić information content (AvgIpc) is 2.38. The minimum absolute atomic E-state index is 2.65. The van der Waals surface area contributed by atoms with Crippen LogP contribution < -0.4 is 0 Å². The van der Waals surface area contributed by atoms with Gasteiger partial charge in [-0.3, -0.25) is 0 Å². The van der Waals surface area contributed by atoms with Crippen molar-refractivity contribution in [2.24, 2.45) is 0 Å². The summed E-state index contributed by atoms with van der Waals surface area (Å²) in [7, 11) is 0. The van der Waals surface area contributed by atoms with Crippen molar-refractivity contribution in [1.82, 2.24) is 0 Å². The lowest BCUT2D eigenvalue weighted by Crippen LogP contribution is -2.64. The van der Waals surface area contributed by atoms with Crippen molar-refractivity contribution in [2.45, 2.75) is 47.9 Å². The number of hydrogen-bond acceptors (Lipinski definition) is 0. The lowest BCUT2D eigenvalue weighted by Gasteiger charge is -2.36. The molecule has 0 N–H and O–H groups in total. The second kappa shape index (κ2) is 6.50. The minimum Gasteiger partial charge on any atom is -0.222 e. The Morgan fingerprint density at radius 3 is 0.893 bits per heavy atom. The van der Waals surface area contributed by atoms with Gasteiger partial charge in [-0.05, 0) is 12.2 Å². The summed E-state index contributed by atoms with van der Waals surface area (Å²) in [6.45, 7) is 0. The number of hydrogen-bond donors (Lipinski definition) is 0. The summed E-state index contributed by atoms with van der Waals surface area (Å²) in [6, 6.07) is 0. The SMILES string of the molecule is FC(F)(F)C(F)(F)C(F)(/C=C/C(F)(F)C(F)(C(F)(F)F)C(F)(F)F)C(F)(F)F. The fraction of sp³-hybridized carbons (Fsp3) is 0.800. The first-order valence-electron chi connectivity index (χ1n) is 5.81. The fourth-order valence-electron chi connectivity index (χ4n) is 1.46. The van der Waals surface area contributed by atoms with E-state index in [0.717, 1.165) is 0 Å². The van der Waals surface area contributed by atoms with E-state index in [4.69, 9.17) is 0 Å². The van der Waals surface area contributed by atoms with Gasteiger partial charge in [-0.1, -0.05) is 0 Å². The van der Waals surface area contributed by atoms with Crippen LogP contribution in [0.15, 0.2) is 12.2 Å². The first-order chi connectivity index (χ1) is 11.7. The number of halogens is 18. The Morgan fingerprint density at radius 2 is 0.679 bits per heavy atom. The molecule has 28 heavy (non-hydrogen) atoms. The Labute approximate surface area is 140 Å². The highest BCUT2D eigenvalue weighted by Crippen LogP contribution is 2.57. The summed E-state index contributed by atoms with van der Waals surface area (Å²) in [6.07, 6.45) is -35.6. The van der Waals surface area contributed by atoms with Crippen LogP contribution in [0.2, 0.25) is 0 Å². The van der Waals surface area contributed by atoms with Gasteiger partial charge in [0.1, 0.15) is 0 Å². The largest absolute Gasteiger partial charge is 0.457 e. The van der Waals surface area contributed by atoms with Gasteiger partial charge in [0.2, 0.25) is 0 Å². The molecular formula is C10H2F18. The van der Waals surface area contributed by atoms with Gasteiger partial charge in [-0.25, -0.2) is 8.78 Å². The summed E-state index contributed by atoms with van der Waals surface area (Å²) in [5.41, 5.74) is -15.0. The lowest BCUT2D eigenvalue weighted by molar-refractivity contribution is -0.387. The zero-order valence-electron chi connectivity index (χ0n) is 12.0. The summed E-state index contributed by atoms with van der Waals surface area (Å²) >= 11 is 0. The van der Waals surface area contributed by atoms with E-state index in [9.17, 15) is 79.0 Å². The molecule has 0 saturated heterocycles. The molecule has 0 aromatic carbocycles. The fourth-order valence-corrected chi connectivity index (χ4v) is 1.46. The summed E-state index contributed by atoms with van der Waals surface area (Å²) in [5.74, 6) is -15.0. The highest BCUT2D eigenvalue weighted by molar-refractivity contribution is 5.22. The zero-order valence-corrected chi connectivity index (χ0v) is 12.0. The molecule has 168 valence electrons. The van der Waals surface area contributed by atoms with Crippen molar-refractivity contribution in [2.75, 3.05) is 0 Å². The molecule has 0 spiro atoms. The van der Waals surface area contributed by atoms with Crippen LogP contribution in [-0.2, 0) is 0 Å². The predicted octanol–water partition coefficient (Wildman–Crippen LogP) is 6.48. The smallest absolute Gasteiger partial charge is 0.222 e. The van der Waals surface area contributed by atoms with Gasteiger partial charge < -0.3 is 0 Å². The number of rotatable bonds is 4. The monoisotopic (exact) mass is 464 g/mol. The van der Waals surface area contributed by atoms with Gasteiger partial charge in [0.05, 0.1) is 0 Å². The van der Waals surface area contributed by atoms with Crippen molar-refractivity contribution < 1.29 is 79.0 Å². The van der Waals surface area contributed by atoms with E-state index in [1.165, 1.54) is 0 Å². The second-order valence-corrected chi connectivity index (χ2v) is 4.89. The summed E-state index contributed by atoms with van der Waals surface area (Å²) in [5, 5.41) is 0. The molecule has 0 bridgehead atoms. The molecule has 0 radical (unpaired) electrons. The van der Waals surface area contributed by atoms with Gasteiger partial charge in [-0.15, -0.1) is 0 Å². The summed E-state index contributed by atoms with van der Waals surface area (Å²) in [4.78, 5) is 0. The van der Waals surface area contributed by atoms with Crippen LogP contribution >= 0.6 is 0 Å². The molecule has 1 atom stereocenters. The van der Waals surface area contributed by atoms with Crippen LogP contribution in [0, 0.1) is 0 Å². The van der Waals surface area contributed by atoms with E-state index < -0.39 is 60.0 Å². The van der Waals surface area contributed by atoms with E-state index in [2.05, 4.69) is 0 Å². The molecule has 0 saturated carbocycles. The van der Waals surface area contributed by atoms with Gasteiger partial charge in [0.25, 0.3) is 5.67 Å². The minimum atomic E-state index is -7.76. The molecule has 18 heteroatoms.